The van der Waals surface area contributed by atoms with Gasteiger partial charge in [-0.2, -0.15) is 0 Å². The summed E-state index contributed by atoms with van der Waals surface area (Å²) in [4.78, 5) is 61.4. The molecule has 4 N–H and O–H groups in total. The summed E-state index contributed by atoms with van der Waals surface area (Å²) < 4.78 is 0. The smallest absolute Gasteiger partial charge is 0.326 e. The van der Waals surface area contributed by atoms with Crippen LogP contribution in [-0.2, 0) is 27.5 Å². The summed E-state index contributed by atoms with van der Waals surface area (Å²) in [6, 6.07) is 10.6. The fraction of sp³-hybridized carbons (Fsp3) is 0.261. The van der Waals surface area contributed by atoms with E-state index in [1.54, 1.807) is 36.4 Å². The van der Waals surface area contributed by atoms with Gasteiger partial charge in [0.15, 0.2) is 0 Å². The van der Waals surface area contributed by atoms with Gasteiger partial charge in [-0.25, -0.2) is 4.79 Å². The average Bonchev–Trinajstić information content (AvgIpc) is 3.17. The number of carbonyl (C=O) groups is 5. The van der Waals surface area contributed by atoms with Crippen LogP contribution < -0.4 is 21.3 Å². The van der Waals surface area contributed by atoms with Crippen LogP contribution in [0.3, 0.4) is 0 Å². The first-order chi connectivity index (χ1) is 15.8. The quantitative estimate of drug-likeness (QED) is 0.525. The summed E-state index contributed by atoms with van der Waals surface area (Å²) in [5.41, 5.74) is 3.29. The lowest BCUT2D eigenvalue weighted by molar-refractivity contribution is -0.137. The molecule has 170 valence electrons. The van der Waals surface area contributed by atoms with E-state index in [0.717, 1.165) is 11.1 Å². The van der Waals surface area contributed by atoms with E-state index >= 15 is 0 Å². The minimum Gasteiger partial charge on any atom is -0.326 e. The minimum absolute atomic E-state index is 0.200. The van der Waals surface area contributed by atoms with Crippen LogP contribution in [0.5, 0.6) is 0 Å². The van der Waals surface area contributed by atoms with Crippen molar-refractivity contribution < 1.29 is 24.0 Å². The van der Waals surface area contributed by atoms with Gasteiger partial charge in [0.1, 0.15) is 0 Å². The first-order valence-corrected chi connectivity index (χ1v) is 10.5. The van der Waals surface area contributed by atoms with Gasteiger partial charge in [0.25, 0.3) is 5.91 Å². The number of piperidine rings is 1. The number of carbonyl (C=O) groups excluding carboxylic acids is 5. The van der Waals surface area contributed by atoms with Crippen LogP contribution in [0.4, 0.5) is 16.2 Å². The van der Waals surface area contributed by atoms with Crippen molar-refractivity contribution in [3.05, 3.63) is 59.2 Å². The second-order valence-corrected chi connectivity index (χ2v) is 8.02. The molecule has 33 heavy (non-hydrogen) atoms. The van der Waals surface area contributed by atoms with Crippen LogP contribution in [0.1, 0.15) is 41.3 Å². The standard InChI is InChI=1S/C23H23N5O5/c1-13(29)24-17-4-6-18(7-5-17)25-23(33)27-21(31)14-2-3-15-11-28(12-16(15)10-14)19-8-9-20(30)26-22(19)32/h2-7,10,19H,8-9,11-12H2,1H3,(H,24,29)(H,26,30,32)(H2,25,27,31,33). The number of imide groups is 2. The van der Waals surface area contributed by atoms with Crippen molar-refractivity contribution in [1.82, 2.24) is 15.5 Å². The molecule has 2 aliphatic rings. The maximum atomic E-state index is 12.6. The number of hydrogen-bond acceptors (Lipinski definition) is 6. The first kappa shape index (κ1) is 22.2. The van der Waals surface area contributed by atoms with Crippen molar-refractivity contribution in [2.75, 3.05) is 10.6 Å². The Morgan fingerprint density at radius 1 is 0.939 bits per heavy atom. The third-order valence-electron chi connectivity index (χ3n) is 5.56. The second-order valence-electron chi connectivity index (χ2n) is 8.02. The van der Waals surface area contributed by atoms with Crippen LogP contribution in [0.15, 0.2) is 42.5 Å². The highest BCUT2D eigenvalue weighted by Gasteiger charge is 2.34. The highest BCUT2D eigenvalue weighted by molar-refractivity contribution is 6.08. The zero-order valence-electron chi connectivity index (χ0n) is 17.9. The third kappa shape index (κ3) is 5.24. The second kappa shape index (κ2) is 9.21. The zero-order valence-corrected chi connectivity index (χ0v) is 17.9. The van der Waals surface area contributed by atoms with Crippen LogP contribution in [-0.4, -0.2) is 40.6 Å². The van der Waals surface area contributed by atoms with Crippen molar-refractivity contribution in [2.45, 2.75) is 38.9 Å². The molecule has 2 heterocycles. The van der Waals surface area contributed by atoms with Crippen molar-refractivity contribution in [3.63, 3.8) is 0 Å². The van der Waals surface area contributed by atoms with Gasteiger partial charge in [0.2, 0.25) is 17.7 Å². The molecule has 1 fully saturated rings. The Labute approximate surface area is 189 Å². The van der Waals surface area contributed by atoms with E-state index in [9.17, 15) is 24.0 Å². The fourth-order valence-electron chi connectivity index (χ4n) is 3.99. The predicted octanol–water partition coefficient (Wildman–Crippen LogP) is 1.73. The lowest BCUT2D eigenvalue weighted by Crippen LogP contribution is -2.50. The largest absolute Gasteiger partial charge is 0.326 e. The van der Waals surface area contributed by atoms with E-state index in [1.165, 1.54) is 6.92 Å². The zero-order chi connectivity index (χ0) is 23.5. The summed E-state index contributed by atoms with van der Waals surface area (Å²) in [6.45, 7) is 2.44. The number of nitrogens with one attached hydrogen (secondary N) is 4. The van der Waals surface area contributed by atoms with Crippen molar-refractivity contribution in [3.8, 4) is 0 Å². The van der Waals surface area contributed by atoms with Crippen molar-refractivity contribution in [2.24, 2.45) is 0 Å². The summed E-state index contributed by atoms with van der Waals surface area (Å²) in [6.07, 6.45) is 0.778. The fourth-order valence-corrected chi connectivity index (χ4v) is 3.99. The number of hydrogen-bond donors (Lipinski definition) is 4. The molecule has 2 aliphatic heterocycles. The van der Waals surface area contributed by atoms with Crippen LogP contribution >= 0.6 is 0 Å². The van der Waals surface area contributed by atoms with E-state index in [1.807, 2.05) is 11.0 Å². The summed E-state index contributed by atoms with van der Waals surface area (Å²) in [5.74, 6) is -1.30. The van der Waals surface area contributed by atoms with E-state index in [4.69, 9.17) is 0 Å². The Balaban J connectivity index is 1.34. The Bertz CT molecular complexity index is 1140. The Morgan fingerprint density at radius 3 is 2.27 bits per heavy atom. The summed E-state index contributed by atoms with van der Waals surface area (Å²) in [5, 5.41) is 9.86. The molecule has 0 aliphatic carbocycles. The first-order valence-electron chi connectivity index (χ1n) is 10.5. The Hall–Kier alpha value is -4.05. The lowest BCUT2D eigenvalue weighted by atomic mass is 10.0. The lowest BCUT2D eigenvalue weighted by Gasteiger charge is -2.29. The molecule has 2 aromatic rings. The molecule has 0 radical (unpaired) electrons. The monoisotopic (exact) mass is 449 g/mol. The molecule has 0 aromatic heterocycles. The number of anilines is 2. The van der Waals surface area contributed by atoms with Crippen molar-refractivity contribution >= 4 is 41.0 Å². The van der Waals surface area contributed by atoms with Gasteiger partial charge in [-0.15, -0.1) is 0 Å². The maximum absolute atomic E-state index is 12.6. The van der Waals surface area contributed by atoms with Crippen molar-refractivity contribution in [1.29, 1.82) is 0 Å². The number of amides is 6. The summed E-state index contributed by atoms with van der Waals surface area (Å²) in [7, 11) is 0. The molecule has 1 unspecified atom stereocenters. The van der Waals surface area contributed by atoms with Gasteiger partial charge in [0, 0.05) is 43.4 Å². The van der Waals surface area contributed by atoms with Gasteiger partial charge in [0.05, 0.1) is 6.04 Å². The molecule has 0 bridgehead atoms. The molecule has 6 amide bonds. The SMILES string of the molecule is CC(=O)Nc1ccc(NC(=O)NC(=O)c2ccc3c(c2)CN(C2CCC(=O)NC2=O)C3)cc1. The predicted molar refractivity (Wildman–Crippen MR) is 119 cm³/mol. The molecule has 1 atom stereocenters. The molecule has 10 nitrogen and oxygen atoms in total. The van der Waals surface area contributed by atoms with Gasteiger partial charge < -0.3 is 10.6 Å². The molecule has 0 saturated carbocycles. The van der Waals surface area contributed by atoms with Gasteiger partial charge in [-0.3, -0.25) is 34.7 Å². The Morgan fingerprint density at radius 2 is 1.61 bits per heavy atom. The normalized spacial score (nSPS) is 17.7. The highest BCUT2D eigenvalue weighted by Crippen LogP contribution is 2.28. The topological polar surface area (TPSA) is 137 Å². The van der Waals surface area contributed by atoms with Crippen LogP contribution in [0.2, 0.25) is 0 Å². The number of rotatable bonds is 4. The number of fused-ring (bicyclic) bond motifs is 1. The average molecular weight is 449 g/mol. The van der Waals surface area contributed by atoms with E-state index in [2.05, 4.69) is 21.3 Å². The molecular formula is C23H23N5O5. The summed E-state index contributed by atoms with van der Waals surface area (Å²) >= 11 is 0. The van der Waals surface area contributed by atoms with E-state index in [0.29, 0.717) is 42.9 Å². The molecule has 1 saturated heterocycles. The molecular weight excluding hydrogens is 426 g/mol. The van der Waals surface area contributed by atoms with E-state index in [-0.39, 0.29) is 23.8 Å². The molecule has 4 rings (SSSR count). The van der Waals surface area contributed by atoms with Gasteiger partial charge in [-0.05, 0) is 53.9 Å². The third-order valence-corrected chi connectivity index (χ3v) is 5.56. The highest BCUT2D eigenvalue weighted by atomic mass is 16.2. The molecule has 2 aromatic carbocycles. The minimum atomic E-state index is -0.682. The van der Waals surface area contributed by atoms with E-state index < -0.39 is 11.9 Å². The maximum Gasteiger partial charge on any atom is 0.326 e. The van der Waals surface area contributed by atoms with Crippen LogP contribution in [0, 0.1) is 0 Å². The Kier molecular flexibility index (Phi) is 6.18. The molecule has 0 spiro atoms. The molecule has 10 heteroatoms. The number of nitrogens with zero attached hydrogens (tertiary/aromatic N) is 1. The van der Waals surface area contributed by atoms with Crippen LogP contribution in [0.25, 0.3) is 0 Å². The van der Waals surface area contributed by atoms with Gasteiger partial charge >= 0.3 is 6.03 Å². The van der Waals surface area contributed by atoms with Gasteiger partial charge in [-0.1, -0.05) is 6.07 Å². The number of urea groups is 1. The number of benzene rings is 2.